The summed E-state index contributed by atoms with van der Waals surface area (Å²) in [4.78, 5) is 0.214. The zero-order chi connectivity index (χ0) is 12.0. The Labute approximate surface area is 96.3 Å². The molecule has 4 nitrogen and oxygen atoms in total. The Hall–Kier alpha value is -0.910. The van der Waals surface area contributed by atoms with Gasteiger partial charge < -0.3 is 4.74 Å². The highest BCUT2D eigenvalue weighted by atomic mass is 32.2. The molecule has 0 atom stereocenters. The van der Waals surface area contributed by atoms with Gasteiger partial charge in [0.15, 0.2) is 0 Å². The van der Waals surface area contributed by atoms with Crippen LogP contribution in [0.5, 0.6) is 0 Å². The minimum absolute atomic E-state index is 0.0461. The lowest BCUT2D eigenvalue weighted by Gasteiger charge is -2.07. The molecule has 0 heterocycles. The van der Waals surface area contributed by atoms with Gasteiger partial charge in [0.25, 0.3) is 10.1 Å². The first-order valence-corrected chi connectivity index (χ1v) is 6.51. The summed E-state index contributed by atoms with van der Waals surface area (Å²) in [5.74, 6) is 0. The maximum atomic E-state index is 11.7. The van der Waals surface area contributed by atoms with Crippen molar-refractivity contribution in [3.8, 4) is 0 Å². The van der Waals surface area contributed by atoms with Gasteiger partial charge in [-0.05, 0) is 25.5 Å². The molecule has 0 aliphatic carbocycles. The highest BCUT2D eigenvalue weighted by Crippen LogP contribution is 2.16. The normalized spacial score (nSPS) is 11.6. The van der Waals surface area contributed by atoms with Gasteiger partial charge in [0, 0.05) is 6.61 Å². The van der Waals surface area contributed by atoms with Gasteiger partial charge in [-0.3, -0.25) is 4.18 Å². The summed E-state index contributed by atoms with van der Waals surface area (Å²) in [6.45, 7) is 4.45. The van der Waals surface area contributed by atoms with E-state index in [1.807, 2.05) is 6.92 Å². The van der Waals surface area contributed by atoms with Crippen molar-refractivity contribution in [3.05, 3.63) is 29.8 Å². The summed E-state index contributed by atoms with van der Waals surface area (Å²) in [5, 5.41) is 0. The quantitative estimate of drug-likeness (QED) is 0.565. The lowest BCUT2D eigenvalue weighted by Crippen LogP contribution is -2.12. The highest BCUT2D eigenvalue weighted by molar-refractivity contribution is 7.86. The van der Waals surface area contributed by atoms with E-state index in [9.17, 15) is 8.42 Å². The molecule has 0 radical (unpaired) electrons. The molecule has 0 saturated heterocycles. The largest absolute Gasteiger partial charge is 0.379 e. The number of benzene rings is 1. The number of ether oxygens (including phenoxy) is 1. The van der Waals surface area contributed by atoms with E-state index >= 15 is 0 Å². The molecular formula is C11H16O4S. The molecule has 1 aromatic carbocycles. The van der Waals surface area contributed by atoms with Crippen LogP contribution in [0.3, 0.4) is 0 Å². The maximum Gasteiger partial charge on any atom is 0.297 e. The van der Waals surface area contributed by atoms with Crippen LogP contribution in [-0.4, -0.2) is 28.2 Å². The predicted octanol–water partition coefficient (Wildman–Crippen LogP) is 1.74. The van der Waals surface area contributed by atoms with Gasteiger partial charge in [0.1, 0.15) is 0 Å². The summed E-state index contributed by atoms with van der Waals surface area (Å²) in [6, 6.07) is 6.73. The first kappa shape index (κ1) is 13.2. The molecule has 0 spiro atoms. The van der Waals surface area contributed by atoms with E-state index in [1.54, 1.807) is 25.1 Å². The molecule has 90 valence electrons. The second-order valence-electron chi connectivity index (χ2n) is 3.24. The lowest BCUT2D eigenvalue weighted by molar-refractivity contribution is 0.112. The monoisotopic (exact) mass is 244 g/mol. The van der Waals surface area contributed by atoms with Crippen LogP contribution in [0.15, 0.2) is 29.2 Å². The lowest BCUT2D eigenvalue weighted by atomic mass is 10.2. The molecule has 5 heteroatoms. The van der Waals surface area contributed by atoms with Crippen molar-refractivity contribution in [2.24, 2.45) is 0 Å². The Kier molecular flexibility index (Phi) is 4.92. The van der Waals surface area contributed by atoms with Gasteiger partial charge >= 0.3 is 0 Å². The summed E-state index contributed by atoms with van der Waals surface area (Å²) < 4.78 is 33.3. The topological polar surface area (TPSA) is 52.6 Å². The average Bonchev–Trinajstić information content (AvgIpc) is 2.25. The zero-order valence-electron chi connectivity index (χ0n) is 9.47. The summed E-state index contributed by atoms with van der Waals surface area (Å²) >= 11 is 0. The fraction of sp³-hybridized carbons (Fsp3) is 0.455. The molecule has 1 rings (SSSR count). The van der Waals surface area contributed by atoms with Crippen LogP contribution in [0.1, 0.15) is 12.5 Å². The van der Waals surface area contributed by atoms with Crippen LogP contribution in [0.25, 0.3) is 0 Å². The summed E-state index contributed by atoms with van der Waals surface area (Å²) in [7, 11) is -3.65. The Bertz CT molecular complexity index is 425. The van der Waals surface area contributed by atoms with E-state index < -0.39 is 10.1 Å². The zero-order valence-corrected chi connectivity index (χ0v) is 10.3. The van der Waals surface area contributed by atoms with Crippen molar-refractivity contribution >= 4 is 10.1 Å². The van der Waals surface area contributed by atoms with Crippen LogP contribution in [0.2, 0.25) is 0 Å². The molecule has 0 bridgehead atoms. The number of rotatable bonds is 6. The van der Waals surface area contributed by atoms with E-state index in [0.29, 0.717) is 12.2 Å². The molecule has 0 aliphatic rings. The van der Waals surface area contributed by atoms with E-state index in [2.05, 4.69) is 0 Å². The second-order valence-corrected chi connectivity index (χ2v) is 4.82. The molecule has 0 amide bonds. The summed E-state index contributed by atoms with van der Waals surface area (Å²) in [5.41, 5.74) is 0.680. The second kappa shape index (κ2) is 5.98. The van der Waals surface area contributed by atoms with Crippen molar-refractivity contribution in [3.63, 3.8) is 0 Å². The molecule has 0 N–H and O–H groups in total. The Morgan fingerprint density at radius 3 is 2.50 bits per heavy atom. The summed E-state index contributed by atoms with van der Waals surface area (Å²) in [6.07, 6.45) is 0. The third-order valence-corrected chi connectivity index (χ3v) is 3.51. The Morgan fingerprint density at radius 2 is 1.88 bits per heavy atom. The van der Waals surface area contributed by atoms with Crippen molar-refractivity contribution in [1.82, 2.24) is 0 Å². The smallest absolute Gasteiger partial charge is 0.297 e. The fourth-order valence-corrected chi connectivity index (χ4v) is 2.37. The minimum atomic E-state index is -3.65. The molecular weight excluding hydrogens is 228 g/mol. The average molecular weight is 244 g/mol. The van der Waals surface area contributed by atoms with Crippen LogP contribution >= 0.6 is 0 Å². The number of hydrogen-bond donors (Lipinski definition) is 0. The van der Waals surface area contributed by atoms with Gasteiger partial charge in [0.2, 0.25) is 0 Å². The van der Waals surface area contributed by atoms with Gasteiger partial charge in [-0.1, -0.05) is 18.2 Å². The van der Waals surface area contributed by atoms with Crippen molar-refractivity contribution in [1.29, 1.82) is 0 Å². The maximum absolute atomic E-state index is 11.7. The first-order valence-electron chi connectivity index (χ1n) is 5.10. The first-order chi connectivity index (χ1) is 7.58. The predicted molar refractivity (Wildman–Crippen MR) is 60.8 cm³/mol. The third kappa shape index (κ3) is 3.59. The van der Waals surface area contributed by atoms with Crippen molar-refractivity contribution in [2.45, 2.75) is 18.7 Å². The van der Waals surface area contributed by atoms with Crippen molar-refractivity contribution in [2.75, 3.05) is 19.8 Å². The van der Waals surface area contributed by atoms with E-state index in [1.165, 1.54) is 6.07 Å². The van der Waals surface area contributed by atoms with Gasteiger partial charge in [-0.15, -0.1) is 0 Å². The van der Waals surface area contributed by atoms with Crippen LogP contribution in [-0.2, 0) is 19.0 Å². The third-order valence-electron chi connectivity index (χ3n) is 2.03. The van der Waals surface area contributed by atoms with Gasteiger partial charge in [0.05, 0.1) is 18.1 Å². The van der Waals surface area contributed by atoms with Crippen LogP contribution in [0, 0.1) is 6.92 Å². The van der Waals surface area contributed by atoms with Crippen LogP contribution in [0.4, 0.5) is 0 Å². The van der Waals surface area contributed by atoms with E-state index in [0.717, 1.165) is 0 Å². The number of aryl methyl sites for hydroxylation is 1. The fourth-order valence-electron chi connectivity index (χ4n) is 1.25. The Morgan fingerprint density at radius 1 is 1.19 bits per heavy atom. The molecule has 0 fully saturated rings. The molecule has 16 heavy (non-hydrogen) atoms. The van der Waals surface area contributed by atoms with Crippen molar-refractivity contribution < 1.29 is 17.3 Å². The standard InChI is InChI=1S/C11H16O4S/c1-3-14-8-9-15-16(12,13)11-7-5-4-6-10(11)2/h4-7H,3,8-9H2,1-2H3. The Balaban J connectivity index is 2.68. The molecule has 0 unspecified atom stereocenters. The molecule has 0 aliphatic heterocycles. The molecule has 0 saturated carbocycles. The minimum Gasteiger partial charge on any atom is -0.379 e. The van der Waals surface area contributed by atoms with E-state index in [4.69, 9.17) is 8.92 Å². The molecule has 1 aromatic rings. The van der Waals surface area contributed by atoms with E-state index in [-0.39, 0.29) is 18.1 Å². The van der Waals surface area contributed by atoms with Gasteiger partial charge in [-0.25, -0.2) is 0 Å². The number of hydrogen-bond acceptors (Lipinski definition) is 4. The SMILES string of the molecule is CCOCCOS(=O)(=O)c1ccccc1C. The highest BCUT2D eigenvalue weighted by Gasteiger charge is 2.16. The molecule has 0 aromatic heterocycles. The van der Waals surface area contributed by atoms with Gasteiger partial charge in [-0.2, -0.15) is 8.42 Å². The van der Waals surface area contributed by atoms with Crippen LogP contribution < -0.4 is 0 Å².